The maximum atomic E-state index is 12.4. The van der Waals surface area contributed by atoms with Crippen molar-refractivity contribution in [3.63, 3.8) is 0 Å². The lowest BCUT2D eigenvalue weighted by atomic mass is 10.1. The van der Waals surface area contributed by atoms with Crippen LogP contribution in [0.1, 0.15) is 24.8 Å². The minimum Gasteiger partial charge on any atom is -0.337 e. The Bertz CT molecular complexity index is 418. The minimum atomic E-state index is 0.291. The first-order chi connectivity index (χ1) is 8.84. The summed E-state index contributed by atoms with van der Waals surface area (Å²) in [6.45, 7) is 1.81. The molecule has 2 aliphatic rings. The Labute approximate surface area is 108 Å². The van der Waals surface area contributed by atoms with Crippen molar-refractivity contribution in [2.45, 2.75) is 37.8 Å². The number of rotatable bonds is 2. The largest absolute Gasteiger partial charge is 0.337 e. The molecule has 1 aromatic rings. The molecular weight excluding hydrogens is 224 g/mol. The third-order valence-electron chi connectivity index (χ3n) is 4.16. The number of carbonyl (C=O) groups excluding carboxylic acids is 1. The lowest BCUT2D eigenvalue weighted by molar-refractivity contribution is -0.134. The minimum absolute atomic E-state index is 0.291. The van der Waals surface area contributed by atoms with Crippen LogP contribution in [-0.4, -0.2) is 36.0 Å². The molecule has 1 N–H and O–H groups in total. The van der Waals surface area contributed by atoms with Gasteiger partial charge in [0.25, 0.3) is 0 Å². The van der Waals surface area contributed by atoms with Crippen molar-refractivity contribution in [3.05, 3.63) is 35.9 Å². The van der Waals surface area contributed by atoms with Gasteiger partial charge in [0.2, 0.25) is 5.91 Å². The molecule has 1 aliphatic carbocycles. The number of amides is 1. The van der Waals surface area contributed by atoms with Crippen LogP contribution in [0, 0.1) is 0 Å². The number of hydrogen-bond donors (Lipinski definition) is 1. The molecule has 0 spiro atoms. The van der Waals surface area contributed by atoms with Gasteiger partial charge in [0.05, 0.1) is 6.42 Å². The van der Waals surface area contributed by atoms with Gasteiger partial charge in [0.1, 0.15) is 0 Å². The first-order valence-electron chi connectivity index (χ1n) is 6.91. The lowest BCUT2D eigenvalue weighted by Crippen LogP contribution is -2.57. The summed E-state index contributed by atoms with van der Waals surface area (Å²) in [5.41, 5.74) is 1.12. The van der Waals surface area contributed by atoms with E-state index in [-0.39, 0.29) is 0 Å². The van der Waals surface area contributed by atoms with E-state index < -0.39 is 0 Å². The van der Waals surface area contributed by atoms with Gasteiger partial charge in [-0.3, -0.25) is 4.79 Å². The second-order valence-corrected chi connectivity index (χ2v) is 5.31. The fraction of sp³-hybridized carbons (Fsp3) is 0.533. The molecule has 3 heteroatoms. The smallest absolute Gasteiger partial charge is 0.227 e. The Hall–Kier alpha value is -1.35. The van der Waals surface area contributed by atoms with Crippen LogP contribution in [0.5, 0.6) is 0 Å². The molecule has 2 atom stereocenters. The van der Waals surface area contributed by atoms with E-state index in [1.165, 1.54) is 12.8 Å². The van der Waals surface area contributed by atoms with Crippen LogP contribution >= 0.6 is 0 Å². The lowest BCUT2D eigenvalue weighted by Gasteiger charge is -2.38. The third-order valence-corrected chi connectivity index (χ3v) is 4.16. The molecule has 0 bridgehead atoms. The monoisotopic (exact) mass is 244 g/mol. The van der Waals surface area contributed by atoms with Gasteiger partial charge in [-0.15, -0.1) is 0 Å². The molecule has 1 heterocycles. The van der Waals surface area contributed by atoms with Crippen molar-refractivity contribution >= 4 is 5.91 Å². The molecule has 96 valence electrons. The maximum absolute atomic E-state index is 12.4. The quantitative estimate of drug-likeness (QED) is 0.856. The zero-order valence-electron chi connectivity index (χ0n) is 10.6. The summed E-state index contributed by atoms with van der Waals surface area (Å²) in [4.78, 5) is 14.5. The standard InChI is InChI=1S/C15H20N2O/c18-15(11-12-5-2-1-3-6-12)17-10-9-16-13-7-4-8-14(13)17/h1-3,5-6,13-14,16H,4,7-11H2. The summed E-state index contributed by atoms with van der Waals surface area (Å²) in [6, 6.07) is 11.0. The zero-order chi connectivity index (χ0) is 12.4. The van der Waals surface area contributed by atoms with Crippen molar-refractivity contribution in [1.29, 1.82) is 0 Å². The van der Waals surface area contributed by atoms with Gasteiger partial charge in [-0.05, 0) is 24.8 Å². The van der Waals surface area contributed by atoms with Crippen molar-refractivity contribution in [2.24, 2.45) is 0 Å². The highest BCUT2D eigenvalue weighted by atomic mass is 16.2. The second kappa shape index (κ2) is 5.11. The Morgan fingerprint density at radius 2 is 2.11 bits per heavy atom. The van der Waals surface area contributed by atoms with Crippen LogP contribution in [0.2, 0.25) is 0 Å². The van der Waals surface area contributed by atoms with Crippen LogP contribution < -0.4 is 5.32 Å². The van der Waals surface area contributed by atoms with E-state index in [0.717, 1.165) is 25.1 Å². The van der Waals surface area contributed by atoms with Gasteiger partial charge >= 0.3 is 0 Å². The Morgan fingerprint density at radius 3 is 2.94 bits per heavy atom. The van der Waals surface area contributed by atoms with Crippen molar-refractivity contribution in [2.75, 3.05) is 13.1 Å². The van der Waals surface area contributed by atoms with Gasteiger partial charge in [0.15, 0.2) is 0 Å². The normalized spacial score (nSPS) is 27.0. The fourth-order valence-electron chi connectivity index (χ4n) is 3.27. The highest BCUT2D eigenvalue weighted by Crippen LogP contribution is 2.26. The zero-order valence-corrected chi connectivity index (χ0v) is 10.6. The van der Waals surface area contributed by atoms with Gasteiger partial charge in [-0.1, -0.05) is 30.3 Å². The molecule has 1 aliphatic heterocycles. The van der Waals surface area contributed by atoms with Crippen molar-refractivity contribution in [3.8, 4) is 0 Å². The summed E-state index contributed by atoms with van der Waals surface area (Å²) in [5, 5.41) is 3.54. The van der Waals surface area contributed by atoms with Crippen LogP contribution in [0.25, 0.3) is 0 Å². The predicted molar refractivity (Wildman–Crippen MR) is 71.3 cm³/mol. The number of nitrogens with one attached hydrogen (secondary N) is 1. The first-order valence-corrected chi connectivity index (χ1v) is 6.91. The third kappa shape index (κ3) is 2.27. The van der Waals surface area contributed by atoms with E-state index in [0.29, 0.717) is 24.4 Å². The van der Waals surface area contributed by atoms with Crippen LogP contribution in [0.15, 0.2) is 30.3 Å². The molecule has 1 saturated heterocycles. The highest BCUT2D eigenvalue weighted by Gasteiger charge is 2.36. The molecule has 2 unspecified atom stereocenters. The number of hydrogen-bond acceptors (Lipinski definition) is 2. The average Bonchev–Trinajstić information content (AvgIpc) is 2.87. The van der Waals surface area contributed by atoms with Crippen LogP contribution in [0.4, 0.5) is 0 Å². The summed E-state index contributed by atoms with van der Waals surface area (Å²) >= 11 is 0. The van der Waals surface area contributed by atoms with E-state index >= 15 is 0 Å². The van der Waals surface area contributed by atoms with Gasteiger partial charge in [-0.2, -0.15) is 0 Å². The van der Waals surface area contributed by atoms with Crippen LogP contribution in [-0.2, 0) is 11.2 Å². The molecule has 0 radical (unpaired) electrons. The van der Waals surface area contributed by atoms with Gasteiger partial charge in [-0.25, -0.2) is 0 Å². The predicted octanol–water partition coefficient (Wildman–Crippen LogP) is 1.58. The summed E-state index contributed by atoms with van der Waals surface area (Å²) in [7, 11) is 0. The van der Waals surface area contributed by atoms with Gasteiger partial charge < -0.3 is 10.2 Å². The van der Waals surface area contributed by atoms with E-state index in [1.54, 1.807) is 0 Å². The molecule has 3 rings (SSSR count). The Balaban J connectivity index is 1.68. The Morgan fingerprint density at radius 1 is 1.28 bits per heavy atom. The van der Waals surface area contributed by atoms with E-state index in [9.17, 15) is 4.79 Å². The van der Waals surface area contributed by atoms with E-state index in [2.05, 4.69) is 10.2 Å². The number of carbonyl (C=O) groups is 1. The van der Waals surface area contributed by atoms with E-state index in [4.69, 9.17) is 0 Å². The van der Waals surface area contributed by atoms with E-state index in [1.807, 2.05) is 30.3 Å². The summed E-state index contributed by atoms with van der Waals surface area (Å²) in [6.07, 6.45) is 4.18. The second-order valence-electron chi connectivity index (χ2n) is 5.31. The molecule has 1 saturated carbocycles. The molecule has 1 amide bonds. The molecule has 1 aromatic carbocycles. The first kappa shape index (κ1) is 11.7. The van der Waals surface area contributed by atoms with Crippen LogP contribution in [0.3, 0.4) is 0 Å². The number of nitrogens with zero attached hydrogens (tertiary/aromatic N) is 1. The molecule has 0 aromatic heterocycles. The molecule has 18 heavy (non-hydrogen) atoms. The molecule has 3 nitrogen and oxygen atoms in total. The molecule has 2 fully saturated rings. The topological polar surface area (TPSA) is 32.3 Å². The number of benzene rings is 1. The number of fused-ring (bicyclic) bond motifs is 1. The Kier molecular flexibility index (Phi) is 3.33. The summed E-state index contributed by atoms with van der Waals surface area (Å²) in [5.74, 6) is 0.291. The highest BCUT2D eigenvalue weighted by molar-refractivity contribution is 5.79. The molecular formula is C15H20N2O. The summed E-state index contributed by atoms with van der Waals surface area (Å²) < 4.78 is 0. The SMILES string of the molecule is O=C(Cc1ccccc1)N1CCNC2CCCC21. The number of piperazine rings is 1. The fourth-order valence-corrected chi connectivity index (χ4v) is 3.27. The van der Waals surface area contributed by atoms with Crippen molar-refractivity contribution in [1.82, 2.24) is 10.2 Å². The average molecular weight is 244 g/mol. The van der Waals surface area contributed by atoms with Gasteiger partial charge in [0, 0.05) is 25.2 Å². The van der Waals surface area contributed by atoms with Crippen molar-refractivity contribution < 1.29 is 4.79 Å². The maximum Gasteiger partial charge on any atom is 0.227 e.